The van der Waals surface area contributed by atoms with Gasteiger partial charge in [0.2, 0.25) is 0 Å². The second kappa shape index (κ2) is 2.77. The minimum Gasteiger partial charge on any atom is -0.345 e. The maximum atomic E-state index is 4.02. The van der Waals surface area contributed by atoms with Gasteiger partial charge >= 0.3 is 0 Å². The van der Waals surface area contributed by atoms with E-state index in [-0.39, 0.29) is 0 Å². The number of H-pyrrole nitrogens is 1. The van der Waals surface area contributed by atoms with Crippen molar-refractivity contribution in [1.82, 2.24) is 15.0 Å². The number of imidazole rings is 1. The molecule has 0 aliphatic rings. The molecule has 0 radical (unpaired) electrons. The van der Waals surface area contributed by atoms with Gasteiger partial charge in [0.15, 0.2) is 0 Å². The number of aryl methyl sites for hydroxylation is 1. The number of rotatable bonds is 1. The van der Waals surface area contributed by atoms with E-state index in [0.29, 0.717) is 0 Å². The van der Waals surface area contributed by atoms with Gasteiger partial charge < -0.3 is 4.98 Å². The molecule has 0 atom stereocenters. The molecule has 0 spiro atoms. The number of aromatic amines is 1. The van der Waals surface area contributed by atoms with Gasteiger partial charge in [-0.25, -0.2) is 4.98 Å². The fourth-order valence-electron chi connectivity index (χ4n) is 1.18. The van der Waals surface area contributed by atoms with E-state index in [1.54, 1.807) is 12.5 Å². The van der Waals surface area contributed by atoms with Crippen molar-refractivity contribution in [3.05, 3.63) is 36.5 Å². The highest BCUT2D eigenvalue weighted by Gasteiger charge is 2.00. The summed E-state index contributed by atoms with van der Waals surface area (Å²) in [6.45, 7) is 2.03. The molecule has 0 aliphatic heterocycles. The molecule has 0 saturated carbocycles. The summed E-state index contributed by atoms with van der Waals surface area (Å²) < 4.78 is 0. The highest BCUT2D eigenvalue weighted by Crippen LogP contribution is 2.18. The molecule has 1 N–H and O–H groups in total. The van der Waals surface area contributed by atoms with E-state index in [4.69, 9.17) is 0 Å². The average molecular weight is 159 g/mol. The minimum atomic E-state index is 1.04. The van der Waals surface area contributed by atoms with E-state index < -0.39 is 0 Å². The highest BCUT2D eigenvalue weighted by atomic mass is 14.9. The Bertz CT molecular complexity index is 365. The molecule has 2 rings (SSSR count). The zero-order valence-corrected chi connectivity index (χ0v) is 6.78. The third-order valence-electron chi connectivity index (χ3n) is 1.81. The Morgan fingerprint density at radius 2 is 2.17 bits per heavy atom. The summed E-state index contributed by atoms with van der Waals surface area (Å²) in [5.41, 5.74) is 3.35. The maximum absolute atomic E-state index is 4.02. The standard InChI is InChI=1S/C9H9N3/c1-7-4-10-3-2-8(7)9-5-11-6-12-9/h2-6H,1H3,(H,11,12). The number of pyridine rings is 1. The summed E-state index contributed by atoms with van der Waals surface area (Å²) in [5, 5.41) is 0. The summed E-state index contributed by atoms with van der Waals surface area (Å²) in [6.07, 6.45) is 7.11. The Morgan fingerprint density at radius 1 is 1.25 bits per heavy atom. The number of nitrogens with one attached hydrogen (secondary N) is 1. The number of nitrogens with zero attached hydrogens (tertiary/aromatic N) is 2. The molecule has 60 valence electrons. The van der Waals surface area contributed by atoms with E-state index in [1.165, 1.54) is 0 Å². The largest absolute Gasteiger partial charge is 0.345 e. The van der Waals surface area contributed by atoms with Gasteiger partial charge in [0, 0.05) is 18.0 Å². The van der Waals surface area contributed by atoms with Crippen molar-refractivity contribution < 1.29 is 0 Å². The first-order valence-corrected chi connectivity index (χ1v) is 3.77. The number of aromatic nitrogens is 3. The van der Waals surface area contributed by atoms with Gasteiger partial charge in [-0.3, -0.25) is 4.98 Å². The Kier molecular flexibility index (Phi) is 1.63. The maximum Gasteiger partial charge on any atom is 0.0924 e. The van der Waals surface area contributed by atoms with Crippen molar-refractivity contribution >= 4 is 0 Å². The lowest BCUT2D eigenvalue weighted by Crippen LogP contribution is -1.83. The predicted molar refractivity (Wildman–Crippen MR) is 46.6 cm³/mol. The van der Waals surface area contributed by atoms with Gasteiger partial charge in [-0.2, -0.15) is 0 Å². The van der Waals surface area contributed by atoms with E-state index in [2.05, 4.69) is 15.0 Å². The van der Waals surface area contributed by atoms with Crippen molar-refractivity contribution in [2.45, 2.75) is 6.92 Å². The van der Waals surface area contributed by atoms with Crippen LogP contribution < -0.4 is 0 Å². The summed E-state index contributed by atoms with van der Waals surface area (Å²) in [7, 11) is 0. The van der Waals surface area contributed by atoms with Gasteiger partial charge in [-0.15, -0.1) is 0 Å². The lowest BCUT2D eigenvalue weighted by atomic mass is 10.1. The van der Waals surface area contributed by atoms with Crippen molar-refractivity contribution in [3.8, 4) is 11.3 Å². The summed E-state index contributed by atoms with van der Waals surface area (Å²) >= 11 is 0. The lowest BCUT2D eigenvalue weighted by molar-refractivity contribution is 1.25. The van der Waals surface area contributed by atoms with Crippen molar-refractivity contribution in [2.75, 3.05) is 0 Å². The van der Waals surface area contributed by atoms with Crippen molar-refractivity contribution in [3.63, 3.8) is 0 Å². The molecular formula is C9H9N3. The molecule has 2 aromatic heterocycles. The average Bonchev–Trinajstić information content (AvgIpc) is 2.57. The Balaban J connectivity index is 2.55. The van der Waals surface area contributed by atoms with Crippen LogP contribution >= 0.6 is 0 Å². The molecule has 0 bridgehead atoms. The molecule has 12 heavy (non-hydrogen) atoms. The van der Waals surface area contributed by atoms with Crippen molar-refractivity contribution in [1.29, 1.82) is 0 Å². The van der Waals surface area contributed by atoms with E-state index in [1.807, 2.05) is 25.4 Å². The molecule has 0 aliphatic carbocycles. The molecule has 3 nitrogen and oxygen atoms in total. The van der Waals surface area contributed by atoms with Crippen LogP contribution in [0.3, 0.4) is 0 Å². The third kappa shape index (κ3) is 1.09. The van der Waals surface area contributed by atoms with Crippen LogP contribution in [0.25, 0.3) is 11.3 Å². The van der Waals surface area contributed by atoms with E-state index in [0.717, 1.165) is 16.8 Å². The van der Waals surface area contributed by atoms with Gasteiger partial charge in [0.1, 0.15) is 0 Å². The molecule has 2 aromatic rings. The second-order valence-corrected chi connectivity index (χ2v) is 2.66. The fraction of sp³-hybridized carbons (Fsp3) is 0.111. The summed E-state index contributed by atoms with van der Waals surface area (Å²) in [4.78, 5) is 11.0. The van der Waals surface area contributed by atoms with Crippen LogP contribution in [0, 0.1) is 6.92 Å². The van der Waals surface area contributed by atoms with Gasteiger partial charge in [0.25, 0.3) is 0 Å². The highest BCUT2D eigenvalue weighted by molar-refractivity contribution is 5.61. The molecule has 0 unspecified atom stereocenters. The second-order valence-electron chi connectivity index (χ2n) is 2.66. The third-order valence-corrected chi connectivity index (χ3v) is 1.81. The smallest absolute Gasteiger partial charge is 0.0924 e. The first-order valence-electron chi connectivity index (χ1n) is 3.77. The predicted octanol–water partition coefficient (Wildman–Crippen LogP) is 1.78. The molecule has 0 amide bonds. The van der Waals surface area contributed by atoms with E-state index in [9.17, 15) is 0 Å². The molecule has 0 aromatic carbocycles. The van der Waals surface area contributed by atoms with Crippen LogP contribution in [0.4, 0.5) is 0 Å². The normalized spacial score (nSPS) is 10.1. The SMILES string of the molecule is Cc1cnccc1-c1cnc[nH]1. The monoisotopic (exact) mass is 159 g/mol. The summed E-state index contributed by atoms with van der Waals surface area (Å²) in [5.74, 6) is 0. The molecule has 3 heteroatoms. The van der Waals surface area contributed by atoms with Crippen molar-refractivity contribution in [2.24, 2.45) is 0 Å². The Labute approximate surface area is 70.5 Å². The minimum absolute atomic E-state index is 1.04. The van der Waals surface area contributed by atoms with E-state index >= 15 is 0 Å². The lowest BCUT2D eigenvalue weighted by Gasteiger charge is -1.99. The molecule has 2 heterocycles. The molecule has 0 fully saturated rings. The Morgan fingerprint density at radius 3 is 2.83 bits per heavy atom. The Hall–Kier alpha value is -1.64. The van der Waals surface area contributed by atoms with Crippen LogP contribution in [-0.2, 0) is 0 Å². The molecule has 0 saturated heterocycles. The van der Waals surface area contributed by atoms with Gasteiger partial charge in [-0.05, 0) is 18.6 Å². The van der Waals surface area contributed by atoms with Crippen LogP contribution in [0.15, 0.2) is 31.0 Å². The van der Waals surface area contributed by atoms with Crippen LogP contribution in [0.1, 0.15) is 5.56 Å². The topological polar surface area (TPSA) is 41.6 Å². The van der Waals surface area contributed by atoms with Crippen LogP contribution in [0.2, 0.25) is 0 Å². The van der Waals surface area contributed by atoms with Gasteiger partial charge in [0.05, 0.1) is 18.2 Å². The molecular weight excluding hydrogens is 150 g/mol. The van der Waals surface area contributed by atoms with Crippen LogP contribution in [0.5, 0.6) is 0 Å². The zero-order chi connectivity index (χ0) is 8.39. The van der Waals surface area contributed by atoms with Gasteiger partial charge in [-0.1, -0.05) is 0 Å². The summed E-state index contributed by atoms with van der Waals surface area (Å²) in [6, 6.07) is 1.98. The zero-order valence-electron chi connectivity index (χ0n) is 6.78. The first kappa shape index (κ1) is 7.03. The number of hydrogen-bond donors (Lipinski definition) is 1. The quantitative estimate of drug-likeness (QED) is 0.689. The van der Waals surface area contributed by atoms with Crippen LogP contribution in [-0.4, -0.2) is 15.0 Å². The first-order chi connectivity index (χ1) is 5.88. The number of hydrogen-bond acceptors (Lipinski definition) is 2. The fourth-order valence-corrected chi connectivity index (χ4v) is 1.18.